The highest BCUT2D eigenvalue weighted by molar-refractivity contribution is 7.18. The molecule has 0 aliphatic rings. The molecule has 1 atom stereocenters. The lowest BCUT2D eigenvalue weighted by molar-refractivity contribution is 0.121. The summed E-state index contributed by atoms with van der Waals surface area (Å²) in [5.74, 6) is 0.535. The van der Waals surface area contributed by atoms with Gasteiger partial charge in [-0.25, -0.2) is 14.8 Å². The Hall–Kier alpha value is -2.42. The Kier molecular flexibility index (Phi) is 5.79. The van der Waals surface area contributed by atoms with E-state index in [1.54, 1.807) is 31.5 Å². The summed E-state index contributed by atoms with van der Waals surface area (Å²) < 4.78 is 10.6. The number of carbonyl (C=O) groups is 1. The van der Waals surface area contributed by atoms with Crippen LogP contribution in [0.15, 0.2) is 24.4 Å². The molecule has 0 radical (unpaired) electrons. The molecule has 3 aromatic rings. The molecule has 142 valence electrons. The molecule has 1 aromatic carbocycles. The van der Waals surface area contributed by atoms with Crippen LogP contribution in [0.2, 0.25) is 5.02 Å². The first-order valence-corrected chi connectivity index (χ1v) is 9.32. The molecule has 2 amide bonds. The number of benzene rings is 1. The number of nitrogens with zero attached hydrogens (tertiary/aromatic N) is 2. The number of amides is 2. The Morgan fingerprint density at radius 2 is 2.07 bits per heavy atom. The van der Waals surface area contributed by atoms with Gasteiger partial charge in [0.2, 0.25) is 0 Å². The first-order chi connectivity index (χ1) is 12.9. The minimum absolute atomic E-state index is 0.261. The van der Waals surface area contributed by atoms with Crippen molar-refractivity contribution in [3.8, 4) is 5.75 Å². The van der Waals surface area contributed by atoms with Crippen LogP contribution in [0.25, 0.3) is 10.3 Å². The first-order valence-electron chi connectivity index (χ1n) is 8.13. The van der Waals surface area contributed by atoms with Crippen LogP contribution < -0.4 is 15.4 Å². The number of thiazole rings is 1. The van der Waals surface area contributed by atoms with E-state index in [-0.39, 0.29) is 6.10 Å². The molecule has 3 rings (SSSR count). The summed E-state index contributed by atoms with van der Waals surface area (Å²) in [6.07, 6.45) is 1.36. The lowest BCUT2D eigenvalue weighted by Crippen LogP contribution is -2.21. The fourth-order valence-electron chi connectivity index (χ4n) is 2.66. The molecule has 0 bridgehead atoms. The standard InChI is InChI=1S/C18H19ClN4O3S/c1-9(25-3)15-13(8-20-17-16(15)21-10(2)27-17)23-18(24)22-11-5-6-14(26-4)12(19)7-11/h5-9H,1-4H3,(H2,22,23,24). The zero-order valence-electron chi connectivity index (χ0n) is 15.3. The van der Waals surface area contributed by atoms with Gasteiger partial charge in [-0.1, -0.05) is 22.9 Å². The van der Waals surface area contributed by atoms with E-state index in [0.717, 1.165) is 20.9 Å². The third-order valence-corrected chi connectivity index (χ3v) is 5.16. The third-order valence-electron chi connectivity index (χ3n) is 3.99. The SMILES string of the molecule is COc1ccc(NC(=O)Nc2cnc3sc(C)nc3c2C(C)OC)cc1Cl. The molecule has 7 nitrogen and oxygen atoms in total. The van der Waals surface area contributed by atoms with Gasteiger partial charge in [0.25, 0.3) is 0 Å². The smallest absolute Gasteiger partial charge is 0.323 e. The van der Waals surface area contributed by atoms with E-state index in [9.17, 15) is 4.79 Å². The van der Waals surface area contributed by atoms with Crippen molar-refractivity contribution in [2.45, 2.75) is 20.0 Å². The third kappa shape index (κ3) is 4.13. The highest BCUT2D eigenvalue weighted by atomic mass is 35.5. The van der Waals surface area contributed by atoms with Crippen molar-refractivity contribution in [2.24, 2.45) is 0 Å². The second-order valence-corrected chi connectivity index (χ2v) is 7.37. The van der Waals surface area contributed by atoms with Crippen LogP contribution in [0.3, 0.4) is 0 Å². The molecule has 2 N–H and O–H groups in total. The zero-order chi connectivity index (χ0) is 19.6. The number of pyridine rings is 1. The van der Waals surface area contributed by atoms with Crippen molar-refractivity contribution in [1.82, 2.24) is 9.97 Å². The van der Waals surface area contributed by atoms with Gasteiger partial charge in [-0.15, -0.1) is 0 Å². The molecule has 1 unspecified atom stereocenters. The van der Waals surface area contributed by atoms with Gasteiger partial charge in [0.1, 0.15) is 16.1 Å². The van der Waals surface area contributed by atoms with E-state index < -0.39 is 6.03 Å². The largest absolute Gasteiger partial charge is 0.495 e. The molecular formula is C18H19ClN4O3S. The number of halogens is 1. The molecular weight excluding hydrogens is 388 g/mol. The average molecular weight is 407 g/mol. The Morgan fingerprint density at radius 3 is 2.74 bits per heavy atom. The van der Waals surface area contributed by atoms with Crippen molar-refractivity contribution in [3.63, 3.8) is 0 Å². The van der Waals surface area contributed by atoms with Crippen molar-refractivity contribution in [1.29, 1.82) is 0 Å². The number of anilines is 2. The second kappa shape index (κ2) is 8.08. The minimum Gasteiger partial charge on any atom is -0.495 e. The maximum Gasteiger partial charge on any atom is 0.323 e. The fourth-order valence-corrected chi connectivity index (χ4v) is 3.69. The van der Waals surface area contributed by atoms with Crippen LogP contribution >= 0.6 is 22.9 Å². The minimum atomic E-state index is -0.422. The Bertz CT molecular complexity index is 992. The van der Waals surface area contributed by atoms with Crippen molar-refractivity contribution >= 4 is 50.7 Å². The zero-order valence-corrected chi connectivity index (χ0v) is 16.9. The molecule has 0 saturated heterocycles. The topological polar surface area (TPSA) is 85.4 Å². The Morgan fingerprint density at radius 1 is 1.30 bits per heavy atom. The van der Waals surface area contributed by atoms with Gasteiger partial charge in [0.15, 0.2) is 0 Å². The van der Waals surface area contributed by atoms with Gasteiger partial charge in [-0.05, 0) is 32.0 Å². The van der Waals surface area contributed by atoms with E-state index >= 15 is 0 Å². The summed E-state index contributed by atoms with van der Waals surface area (Å²) in [7, 11) is 3.14. The number of rotatable bonds is 5. The highest BCUT2D eigenvalue weighted by Gasteiger charge is 2.19. The molecule has 0 fully saturated rings. The number of aryl methyl sites for hydroxylation is 1. The highest BCUT2D eigenvalue weighted by Crippen LogP contribution is 2.34. The van der Waals surface area contributed by atoms with Gasteiger partial charge in [0, 0.05) is 18.4 Å². The summed E-state index contributed by atoms with van der Waals surface area (Å²) >= 11 is 7.59. The average Bonchev–Trinajstić information content (AvgIpc) is 3.01. The van der Waals surface area contributed by atoms with Crippen molar-refractivity contribution in [2.75, 3.05) is 24.9 Å². The predicted molar refractivity (Wildman–Crippen MR) is 108 cm³/mol. The summed E-state index contributed by atoms with van der Waals surface area (Å²) in [6.45, 7) is 3.82. The molecule has 0 saturated carbocycles. The van der Waals surface area contributed by atoms with Crippen molar-refractivity contribution < 1.29 is 14.3 Å². The molecule has 9 heteroatoms. The number of fused-ring (bicyclic) bond motifs is 1. The van der Waals surface area contributed by atoms with Crippen molar-refractivity contribution in [3.05, 3.63) is 40.0 Å². The molecule has 2 aromatic heterocycles. The molecule has 0 spiro atoms. The lowest BCUT2D eigenvalue weighted by atomic mass is 10.1. The molecule has 0 aliphatic carbocycles. The van der Waals surface area contributed by atoms with Crippen LogP contribution in [0, 0.1) is 6.92 Å². The number of methoxy groups -OCH3 is 2. The first kappa shape index (κ1) is 19.3. The van der Waals surface area contributed by atoms with E-state index in [0.29, 0.717) is 22.1 Å². The van der Waals surface area contributed by atoms with E-state index in [1.165, 1.54) is 18.4 Å². The van der Waals surface area contributed by atoms with Crippen LogP contribution in [0.5, 0.6) is 5.75 Å². The quantitative estimate of drug-likeness (QED) is 0.621. The molecule has 27 heavy (non-hydrogen) atoms. The molecule has 2 heterocycles. The Balaban J connectivity index is 1.87. The van der Waals surface area contributed by atoms with E-state index in [4.69, 9.17) is 21.1 Å². The number of hydrogen-bond donors (Lipinski definition) is 2. The van der Waals surface area contributed by atoms with Crippen LogP contribution in [-0.4, -0.2) is 30.2 Å². The van der Waals surface area contributed by atoms with E-state index in [2.05, 4.69) is 20.6 Å². The number of hydrogen-bond acceptors (Lipinski definition) is 6. The maximum atomic E-state index is 12.5. The maximum absolute atomic E-state index is 12.5. The Labute approximate surface area is 165 Å². The predicted octanol–water partition coefficient (Wildman–Crippen LogP) is 5.01. The summed E-state index contributed by atoms with van der Waals surface area (Å²) in [6, 6.07) is 4.58. The lowest BCUT2D eigenvalue weighted by Gasteiger charge is -2.16. The molecule has 0 aliphatic heterocycles. The number of carbonyl (C=O) groups excluding carboxylic acids is 1. The van der Waals surface area contributed by atoms with Crippen LogP contribution in [0.1, 0.15) is 23.6 Å². The van der Waals surface area contributed by atoms with Crippen LogP contribution in [-0.2, 0) is 4.74 Å². The summed E-state index contributed by atoms with van der Waals surface area (Å²) in [5.41, 5.74) is 2.60. The van der Waals surface area contributed by atoms with Crippen LogP contribution in [0.4, 0.5) is 16.2 Å². The normalized spacial score (nSPS) is 12.0. The summed E-state index contributed by atoms with van der Waals surface area (Å²) in [4.78, 5) is 22.2. The van der Waals surface area contributed by atoms with Gasteiger partial charge >= 0.3 is 6.03 Å². The second-order valence-electron chi connectivity index (χ2n) is 5.78. The van der Waals surface area contributed by atoms with Gasteiger partial charge in [-0.3, -0.25) is 0 Å². The number of urea groups is 1. The number of ether oxygens (including phenoxy) is 2. The van der Waals surface area contributed by atoms with E-state index in [1.807, 2.05) is 13.8 Å². The summed E-state index contributed by atoms with van der Waals surface area (Å²) in [5, 5.41) is 6.87. The monoisotopic (exact) mass is 406 g/mol. The van der Waals surface area contributed by atoms with Gasteiger partial charge in [0.05, 0.1) is 35.1 Å². The number of aromatic nitrogens is 2. The fraction of sp³-hybridized carbons (Fsp3) is 0.278. The van der Waals surface area contributed by atoms with Gasteiger partial charge in [-0.2, -0.15) is 0 Å². The van der Waals surface area contributed by atoms with Gasteiger partial charge < -0.3 is 20.1 Å². The number of nitrogens with one attached hydrogen (secondary N) is 2.